The van der Waals surface area contributed by atoms with E-state index in [2.05, 4.69) is 26.2 Å². The summed E-state index contributed by atoms with van der Waals surface area (Å²) in [7, 11) is 0. The van der Waals surface area contributed by atoms with Crippen molar-refractivity contribution in [3.63, 3.8) is 0 Å². The molecule has 0 aliphatic carbocycles. The zero-order chi connectivity index (χ0) is 10.0. The van der Waals surface area contributed by atoms with Crippen LogP contribution >= 0.6 is 27.3 Å². The largest absolute Gasteiger partial charge is 0.465 e. The molecule has 13 heavy (non-hydrogen) atoms. The lowest BCUT2D eigenvalue weighted by Crippen LogP contribution is -2.06. The maximum absolute atomic E-state index is 10.9. The Bertz CT molecular complexity index is 363. The van der Waals surface area contributed by atoms with Gasteiger partial charge in [0.05, 0.1) is 0 Å². The lowest BCUT2D eigenvalue weighted by atomic mass is 10.4. The summed E-state index contributed by atoms with van der Waals surface area (Å²) in [5.41, 5.74) is 0. The molecule has 0 unspecified atom stereocenters. The summed E-state index contributed by atoms with van der Waals surface area (Å²) in [6.07, 6.45) is -1.20. The third kappa shape index (κ3) is 2.49. The van der Waals surface area contributed by atoms with Gasteiger partial charge < -0.3 is 5.11 Å². The average molecular weight is 265 g/mol. The van der Waals surface area contributed by atoms with Crippen LogP contribution in [0.15, 0.2) is 4.60 Å². The predicted molar refractivity (Wildman–Crippen MR) is 51.5 cm³/mol. The molecule has 1 aromatic rings. The molecule has 0 atom stereocenters. The first-order valence-corrected chi connectivity index (χ1v) is 4.79. The highest BCUT2D eigenvalue weighted by atomic mass is 79.9. The van der Waals surface area contributed by atoms with Crippen LogP contribution in [0.25, 0.3) is 0 Å². The maximum atomic E-state index is 10.9. The molecule has 0 fully saturated rings. The molecule has 1 aromatic heterocycles. The summed E-state index contributed by atoms with van der Waals surface area (Å²) < 4.78 is 0.369. The Morgan fingerprint density at radius 1 is 1.62 bits per heavy atom. The van der Waals surface area contributed by atoms with Gasteiger partial charge >= 0.3 is 6.09 Å². The van der Waals surface area contributed by atoms with E-state index in [0.717, 1.165) is 11.3 Å². The number of hydrogen-bond acceptors (Lipinski definition) is 4. The van der Waals surface area contributed by atoms with Crippen LogP contribution in [-0.2, 0) is 0 Å². The van der Waals surface area contributed by atoms with Gasteiger partial charge in [0.15, 0.2) is 10.9 Å². The number of thiazole rings is 1. The van der Waals surface area contributed by atoms with Crippen LogP contribution in [0.5, 0.6) is 0 Å². The van der Waals surface area contributed by atoms with Crippen molar-refractivity contribution in [1.82, 2.24) is 4.98 Å². The number of carbonyl (C=O) groups excluding carboxylic acids is 1. The topological polar surface area (TPSA) is 79.3 Å². The van der Waals surface area contributed by atoms with E-state index in [0.29, 0.717) is 9.48 Å². The molecule has 1 rings (SSSR count). The van der Waals surface area contributed by atoms with Crippen LogP contribution in [0, 0.1) is 0 Å². The lowest BCUT2D eigenvalue weighted by Gasteiger charge is -1.90. The monoisotopic (exact) mass is 264 g/mol. The quantitative estimate of drug-likeness (QED) is 0.803. The van der Waals surface area contributed by atoms with Crippen molar-refractivity contribution in [3.8, 4) is 0 Å². The SMILES string of the molecule is CC(=O)c1sc(NC(=O)O)nc1Br. The number of carbonyl (C=O) groups is 2. The highest BCUT2D eigenvalue weighted by molar-refractivity contribution is 9.10. The van der Waals surface area contributed by atoms with Crippen molar-refractivity contribution in [2.75, 3.05) is 5.32 Å². The van der Waals surface area contributed by atoms with Crippen molar-refractivity contribution in [1.29, 1.82) is 0 Å². The Kier molecular flexibility index (Phi) is 2.99. The number of aromatic nitrogens is 1. The van der Waals surface area contributed by atoms with Crippen molar-refractivity contribution in [3.05, 3.63) is 9.48 Å². The first kappa shape index (κ1) is 10.1. The number of hydrogen-bond donors (Lipinski definition) is 2. The Labute approximate surface area is 85.9 Å². The third-order valence-electron chi connectivity index (χ3n) is 1.12. The van der Waals surface area contributed by atoms with Gasteiger partial charge in [-0.15, -0.1) is 0 Å². The Hall–Kier alpha value is -0.950. The second kappa shape index (κ2) is 3.84. The summed E-state index contributed by atoms with van der Waals surface area (Å²) in [6.45, 7) is 1.39. The first-order chi connectivity index (χ1) is 6.00. The minimum absolute atomic E-state index is 0.150. The van der Waals surface area contributed by atoms with Gasteiger partial charge in [-0.3, -0.25) is 10.1 Å². The van der Waals surface area contributed by atoms with E-state index in [4.69, 9.17) is 5.11 Å². The average Bonchev–Trinajstić information content (AvgIpc) is 2.29. The van der Waals surface area contributed by atoms with Crippen molar-refractivity contribution >= 4 is 44.3 Å². The molecule has 0 aliphatic rings. The number of halogens is 1. The molecule has 0 aliphatic heterocycles. The molecule has 0 bridgehead atoms. The van der Waals surface area contributed by atoms with Gasteiger partial charge in [-0.2, -0.15) is 0 Å². The summed E-state index contributed by atoms with van der Waals surface area (Å²) in [6, 6.07) is 0. The molecule has 7 heteroatoms. The highest BCUT2D eigenvalue weighted by Crippen LogP contribution is 2.27. The minimum atomic E-state index is -1.20. The number of ketones is 1. The molecule has 0 saturated heterocycles. The van der Waals surface area contributed by atoms with Gasteiger partial charge in [-0.05, 0) is 15.9 Å². The molecule has 5 nitrogen and oxygen atoms in total. The van der Waals surface area contributed by atoms with Crippen molar-refractivity contribution in [2.45, 2.75) is 6.92 Å². The highest BCUT2D eigenvalue weighted by Gasteiger charge is 2.13. The molecule has 2 N–H and O–H groups in total. The van der Waals surface area contributed by atoms with E-state index in [1.54, 1.807) is 0 Å². The normalized spacial score (nSPS) is 9.69. The zero-order valence-corrected chi connectivity index (χ0v) is 8.90. The molecule has 1 amide bonds. The minimum Gasteiger partial charge on any atom is -0.465 e. The Morgan fingerprint density at radius 3 is 2.62 bits per heavy atom. The molecule has 0 aromatic carbocycles. The first-order valence-electron chi connectivity index (χ1n) is 3.18. The van der Waals surface area contributed by atoms with Gasteiger partial charge in [0.25, 0.3) is 0 Å². The van der Waals surface area contributed by atoms with Crippen molar-refractivity contribution in [2.24, 2.45) is 0 Å². The Morgan fingerprint density at radius 2 is 2.23 bits per heavy atom. The predicted octanol–water partition coefficient (Wildman–Crippen LogP) is 2.20. The van der Waals surface area contributed by atoms with Crippen LogP contribution in [0.2, 0.25) is 0 Å². The molecule has 1 heterocycles. The second-order valence-electron chi connectivity index (χ2n) is 2.13. The van der Waals surface area contributed by atoms with Gasteiger partial charge in [0.2, 0.25) is 0 Å². The van der Waals surface area contributed by atoms with E-state index in [1.807, 2.05) is 0 Å². The van der Waals surface area contributed by atoms with Crippen molar-refractivity contribution < 1.29 is 14.7 Å². The fourth-order valence-corrected chi connectivity index (χ4v) is 2.22. The maximum Gasteiger partial charge on any atom is 0.410 e. The Balaban J connectivity index is 2.95. The number of carboxylic acid groups (broad SMARTS) is 1. The number of nitrogens with zero attached hydrogens (tertiary/aromatic N) is 1. The van der Waals surface area contributed by atoms with Gasteiger partial charge in [-0.1, -0.05) is 11.3 Å². The smallest absolute Gasteiger partial charge is 0.410 e. The number of amides is 1. The summed E-state index contributed by atoms with van der Waals surface area (Å²) in [5.74, 6) is -0.150. The van der Waals surface area contributed by atoms with Gasteiger partial charge in [0, 0.05) is 6.92 Å². The number of rotatable bonds is 2. The number of nitrogens with one attached hydrogen (secondary N) is 1. The van der Waals surface area contributed by atoms with E-state index in [9.17, 15) is 9.59 Å². The van der Waals surface area contributed by atoms with Gasteiger partial charge in [-0.25, -0.2) is 9.78 Å². The molecular weight excluding hydrogens is 260 g/mol. The summed E-state index contributed by atoms with van der Waals surface area (Å²) >= 11 is 4.05. The third-order valence-corrected chi connectivity index (χ3v) is 3.03. The second-order valence-corrected chi connectivity index (χ2v) is 3.88. The fraction of sp³-hybridized carbons (Fsp3) is 0.167. The van der Waals surface area contributed by atoms with Crippen LogP contribution in [0.3, 0.4) is 0 Å². The fourth-order valence-electron chi connectivity index (χ4n) is 0.664. The standard InChI is InChI=1S/C6H5BrN2O3S/c1-2(10)3-4(7)8-5(13-3)9-6(11)12/h1H3,(H,8,9)(H,11,12). The molecule has 70 valence electrons. The van der Waals surface area contributed by atoms with E-state index >= 15 is 0 Å². The summed E-state index contributed by atoms with van der Waals surface area (Å²) in [5, 5.41) is 10.6. The summed E-state index contributed by atoms with van der Waals surface area (Å²) in [4.78, 5) is 25.3. The molecule has 0 spiro atoms. The lowest BCUT2D eigenvalue weighted by molar-refractivity contribution is 0.102. The van der Waals surface area contributed by atoms with Gasteiger partial charge in [0.1, 0.15) is 9.48 Å². The van der Waals surface area contributed by atoms with Crippen LogP contribution in [0.4, 0.5) is 9.93 Å². The molecule has 0 saturated carbocycles. The van der Waals surface area contributed by atoms with Crippen LogP contribution in [-0.4, -0.2) is 22.0 Å². The molecular formula is C6H5BrN2O3S. The number of Topliss-reactive ketones (excluding diaryl/α,β-unsaturated/α-hetero) is 1. The van der Waals surface area contributed by atoms with Crippen LogP contribution < -0.4 is 5.32 Å². The van der Waals surface area contributed by atoms with E-state index in [1.165, 1.54) is 6.92 Å². The van der Waals surface area contributed by atoms with E-state index < -0.39 is 6.09 Å². The van der Waals surface area contributed by atoms with E-state index in [-0.39, 0.29) is 10.9 Å². The molecule has 0 radical (unpaired) electrons. The number of anilines is 1. The zero-order valence-electron chi connectivity index (χ0n) is 6.50. The van der Waals surface area contributed by atoms with Crippen LogP contribution in [0.1, 0.15) is 16.6 Å².